The highest BCUT2D eigenvalue weighted by Crippen LogP contribution is 2.38. The lowest BCUT2D eigenvalue weighted by Gasteiger charge is -2.34. The summed E-state index contributed by atoms with van der Waals surface area (Å²) in [6, 6.07) is 9.72. The molecular weight excluding hydrogens is 210 g/mol. The maximum Gasteiger partial charge on any atom is 0.227 e. The van der Waals surface area contributed by atoms with Gasteiger partial charge >= 0.3 is 0 Å². The van der Waals surface area contributed by atoms with Crippen LogP contribution in [-0.2, 0) is 4.79 Å². The van der Waals surface area contributed by atoms with Crippen molar-refractivity contribution in [3.05, 3.63) is 30.3 Å². The first-order valence-corrected chi connectivity index (χ1v) is 6.43. The molecule has 1 aromatic carbocycles. The minimum Gasteiger partial charge on any atom is -0.326 e. The van der Waals surface area contributed by atoms with Crippen molar-refractivity contribution >= 4 is 11.6 Å². The second kappa shape index (κ2) is 4.91. The van der Waals surface area contributed by atoms with Gasteiger partial charge in [-0.3, -0.25) is 4.79 Å². The van der Waals surface area contributed by atoms with Crippen molar-refractivity contribution in [1.82, 2.24) is 0 Å². The van der Waals surface area contributed by atoms with Crippen LogP contribution in [0.2, 0.25) is 0 Å². The number of anilines is 1. The van der Waals surface area contributed by atoms with Crippen molar-refractivity contribution in [3.8, 4) is 0 Å². The molecule has 92 valence electrons. The van der Waals surface area contributed by atoms with E-state index in [1.54, 1.807) is 0 Å². The molecule has 1 saturated carbocycles. The van der Waals surface area contributed by atoms with E-state index in [1.165, 1.54) is 12.8 Å². The van der Waals surface area contributed by atoms with Crippen LogP contribution in [-0.4, -0.2) is 5.91 Å². The van der Waals surface area contributed by atoms with Crippen LogP contribution in [0.1, 0.15) is 39.5 Å². The van der Waals surface area contributed by atoms with E-state index in [9.17, 15) is 4.79 Å². The third-order valence-electron chi connectivity index (χ3n) is 3.62. The smallest absolute Gasteiger partial charge is 0.227 e. The van der Waals surface area contributed by atoms with Crippen molar-refractivity contribution in [1.29, 1.82) is 0 Å². The van der Waals surface area contributed by atoms with Gasteiger partial charge in [-0.2, -0.15) is 0 Å². The lowest BCUT2D eigenvalue weighted by Crippen LogP contribution is -2.31. The predicted molar refractivity (Wildman–Crippen MR) is 70.8 cm³/mol. The maximum atomic E-state index is 12.1. The van der Waals surface area contributed by atoms with E-state index < -0.39 is 0 Å². The molecule has 1 aliphatic rings. The third-order valence-corrected chi connectivity index (χ3v) is 3.62. The molecule has 2 rings (SSSR count). The molecule has 0 radical (unpaired) electrons. The number of hydrogen-bond donors (Lipinski definition) is 1. The van der Waals surface area contributed by atoms with Gasteiger partial charge in [-0.05, 0) is 36.8 Å². The SMILES string of the molecule is CC1(C)CCCC(C(=O)Nc2ccccc2)C1. The molecule has 2 nitrogen and oxygen atoms in total. The molecule has 1 atom stereocenters. The van der Waals surface area contributed by atoms with Crippen LogP contribution in [0.4, 0.5) is 5.69 Å². The van der Waals surface area contributed by atoms with Crippen LogP contribution in [0.5, 0.6) is 0 Å². The highest BCUT2D eigenvalue weighted by Gasteiger charge is 2.31. The maximum absolute atomic E-state index is 12.1. The summed E-state index contributed by atoms with van der Waals surface area (Å²) >= 11 is 0. The normalized spacial score (nSPS) is 23.1. The van der Waals surface area contributed by atoms with E-state index in [-0.39, 0.29) is 11.8 Å². The third kappa shape index (κ3) is 3.32. The van der Waals surface area contributed by atoms with Crippen molar-refractivity contribution in [2.24, 2.45) is 11.3 Å². The number of para-hydroxylation sites is 1. The quantitative estimate of drug-likeness (QED) is 0.823. The molecule has 1 amide bonds. The first kappa shape index (κ1) is 12.2. The average Bonchev–Trinajstić information content (AvgIpc) is 2.29. The van der Waals surface area contributed by atoms with Crippen molar-refractivity contribution in [2.75, 3.05) is 5.32 Å². The van der Waals surface area contributed by atoms with Crippen molar-refractivity contribution < 1.29 is 4.79 Å². The van der Waals surface area contributed by atoms with Gasteiger partial charge in [0.25, 0.3) is 0 Å². The van der Waals surface area contributed by atoms with E-state index in [0.29, 0.717) is 5.41 Å². The highest BCUT2D eigenvalue weighted by atomic mass is 16.1. The molecule has 0 bridgehead atoms. The molecule has 1 aromatic rings. The standard InChI is InChI=1S/C15H21NO/c1-15(2)10-6-7-12(11-15)14(17)16-13-8-4-3-5-9-13/h3-5,8-9,12H,6-7,10-11H2,1-2H3,(H,16,17). The number of carbonyl (C=O) groups is 1. The topological polar surface area (TPSA) is 29.1 Å². The molecule has 0 saturated heterocycles. The zero-order valence-electron chi connectivity index (χ0n) is 10.7. The molecule has 0 spiro atoms. The summed E-state index contributed by atoms with van der Waals surface area (Å²) < 4.78 is 0. The Balaban J connectivity index is 1.96. The number of rotatable bonds is 2. The van der Waals surface area contributed by atoms with Gasteiger partial charge in [-0.15, -0.1) is 0 Å². The van der Waals surface area contributed by atoms with Crippen LogP contribution in [0.25, 0.3) is 0 Å². The van der Waals surface area contributed by atoms with Crippen LogP contribution >= 0.6 is 0 Å². The van der Waals surface area contributed by atoms with E-state index in [0.717, 1.165) is 18.5 Å². The summed E-state index contributed by atoms with van der Waals surface area (Å²) in [5.74, 6) is 0.364. The van der Waals surface area contributed by atoms with Gasteiger partial charge in [0.2, 0.25) is 5.91 Å². The predicted octanol–water partition coefficient (Wildman–Crippen LogP) is 3.84. The molecule has 1 N–H and O–H groups in total. The highest BCUT2D eigenvalue weighted by molar-refractivity contribution is 5.92. The number of nitrogens with one attached hydrogen (secondary N) is 1. The van der Waals surface area contributed by atoms with Gasteiger partial charge in [0.1, 0.15) is 0 Å². The number of amides is 1. The first-order valence-electron chi connectivity index (χ1n) is 6.43. The number of benzene rings is 1. The zero-order valence-corrected chi connectivity index (χ0v) is 10.7. The fourth-order valence-corrected chi connectivity index (χ4v) is 2.69. The molecule has 0 aromatic heterocycles. The Hall–Kier alpha value is -1.31. The fraction of sp³-hybridized carbons (Fsp3) is 0.533. The van der Waals surface area contributed by atoms with E-state index in [1.807, 2.05) is 30.3 Å². The Morgan fingerprint density at radius 3 is 2.65 bits per heavy atom. The summed E-state index contributed by atoms with van der Waals surface area (Å²) in [6.45, 7) is 4.52. The molecule has 1 aliphatic carbocycles. The summed E-state index contributed by atoms with van der Waals surface area (Å²) in [5, 5.41) is 3.01. The monoisotopic (exact) mass is 231 g/mol. The van der Waals surface area contributed by atoms with Gasteiger partial charge in [0, 0.05) is 11.6 Å². The van der Waals surface area contributed by atoms with E-state index in [2.05, 4.69) is 19.2 Å². The molecule has 0 heterocycles. The summed E-state index contributed by atoms with van der Waals surface area (Å²) in [7, 11) is 0. The number of carbonyl (C=O) groups excluding carboxylic acids is 1. The summed E-state index contributed by atoms with van der Waals surface area (Å²) in [6.07, 6.45) is 4.44. The molecule has 17 heavy (non-hydrogen) atoms. The van der Waals surface area contributed by atoms with E-state index >= 15 is 0 Å². The summed E-state index contributed by atoms with van der Waals surface area (Å²) in [5.41, 5.74) is 1.22. The zero-order chi connectivity index (χ0) is 12.3. The Morgan fingerprint density at radius 2 is 2.00 bits per heavy atom. The minimum atomic E-state index is 0.180. The second-order valence-electron chi connectivity index (χ2n) is 5.81. The van der Waals surface area contributed by atoms with Gasteiger partial charge in [0.15, 0.2) is 0 Å². The molecule has 1 unspecified atom stereocenters. The fourth-order valence-electron chi connectivity index (χ4n) is 2.69. The average molecular weight is 231 g/mol. The molecule has 0 aliphatic heterocycles. The lowest BCUT2D eigenvalue weighted by molar-refractivity contribution is -0.122. The van der Waals surface area contributed by atoms with Crippen LogP contribution in [0.3, 0.4) is 0 Å². The van der Waals surface area contributed by atoms with E-state index in [4.69, 9.17) is 0 Å². The molecule has 2 heteroatoms. The second-order valence-corrected chi connectivity index (χ2v) is 5.81. The van der Waals surface area contributed by atoms with Crippen molar-refractivity contribution in [3.63, 3.8) is 0 Å². The Labute approximate surface area is 103 Å². The van der Waals surface area contributed by atoms with Crippen LogP contribution in [0, 0.1) is 11.3 Å². The first-order chi connectivity index (χ1) is 8.07. The van der Waals surface area contributed by atoms with Crippen LogP contribution < -0.4 is 5.32 Å². The Bertz CT molecular complexity index is 383. The minimum absolute atomic E-state index is 0.180. The van der Waals surface area contributed by atoms with Gasteiger partial charge in [-0.1, -0.05) is 38.5 Å². The van der Waals surface area contributed by atoms with Gasteiger partial charge < -0.3 is 5.32 Å². The molecular formula is C15H21NO. The largest absolute Gasteiger partial charge is 0.326 e. The van der Waals surface area contributed by atoms with Crippen molar-refractivity contribution in [2.45, 2.75) is 39.5 Å². The summed E-state index contributed by atoms with van der Waals surface area (Å²) in [4.78, 5) is 12.1. The Morgan fingerprint density at radius 1 is 1.29 bits per heavy atom. The Kier molecular flexibility index (Phi) is 3.51. The van der Waals surface area contributed by atoms with Gasteiger partial charge in [0.05, 0.1) is 0 Å². The van der Waals surface area contributed by atoms with Gasteiger partial charge in [-0.25, -0.2) is 0 Å². The lowest BCUT2D eigenvalue weighted by atomic mass is 9.72. The number of hydrogen-bond acceptors (Lipinski definition) is 1. The molecule has 1 fully saturated rings. The van der Waals surface area contributed by atoms with Crippen LogP contribution in [0.15, 0.2) is 30.3 Å².